The Balaban J connectivity index is 2.67. The largest absolute Gasteiger partial charge is 0.481 e. The maximum atomic E-state index is 12.2. The predicted octanol–water partition coefficient (Wildman–Crippen LogP) is 3.70. The number of carbonyl (C=O) groups is 2. The molecule has 0 aliphatic carbocycles. The summed E-state index contributed by atoms with van der Waals surface area (Å²) in [5.41, 5.74) is 0.0408. The van der Waals surface area contributed by atoms with Crippen molar-refractivity contribution in [1.29, 1.82) is 5.26 Å². The molecule has 1 aromatic carbocycles. The molecule has 2 amide bonds. The highest BCUT2D eigenvalue weighted by atomic mass is 32.2. The van der Waals surface area contributed by atoms with E-state index in [0.717, 1.165) is 4.90 Å². The number of benzene rings is 1. The van der Waals surface area contributed by atoms with E-state index in [4.69, 9.17) is 10.4 Å². The van der Waals surface area contributed by atoms with E-state index in [1.54, 1.807) is 19.9 Å². The quantitative estimate of drug-likeness (QED) is 0.621. The van der Waals surface area contributed by atoms with Crippen molar-refractivity contribution >= 4 is 29.4 Å². The lowest BCUT2D eigenvalue weighted by Crippen LogP contribution is -2.45. The molecule has 1 rings (SSSR count). The maximum Gasteiger partial charge on any atom is 0.319 e. The summed E-state index contributed by atoms with van der Waals surface area (Å²) in [6, 6.07) is 9.18. The molecule has 0 aliphatic heterocycles. The summed E-state index contributed by atoms with van der Waals surface area (Å²) in [4.78, 5) is 23.7. The number of aliphatic carboxylic acids is 1. The zero-order chi connectivity index (χ0) is 18.2. The molecule has 3 N–H and O–H groups in total. The molecule has 0 spiro atoms. The van der Waals surface area contributed by atoms with Crippen molar-refractivity contribution in [1.82, 2.24) is 5.32 Å². The minimum Gasteiger partial charge on any atom is -0.481 e. The first-order valence-corrected chi connectivity index (χ1v) is 8.64. The highest BCUT2D eigenvalue weighted by Crippen LogP contribution is 2.28. The van der Waals surface area contributed by atoms with Gasteiger partial charge in [-0.1, -0.05) is 12.1 Å². The van der Waals surface area contributed by atoms with Crippen molar-refractivity contribution in [2.45, 2.75) is 44.0 Å². The van der Waals surface area contributed by atoms with Gasteiger partial charge in [0.25, 0.3) is 0 Å². The first-order valence-electron chi connectivity index (χ1n) is 7.66. The van der Waals surface area contributed by atoms with Gasteiger partial charge in [0, 0.05) is 22.6 Å². The molecule has 0 bridgehead atoms. The number of carboxylic acids is 1. The van der Waals surface area contributed by atoms with E-state index in [1.165, 1.54) is 11.8 Å². The van der Waals surface area contributed by atoms with Crippen molar-refractivity contribution in [3.05, 3.63) is 24.3 Å². The van der Waals surface area contributed by atoms with Crippen molar-refractivity contribution in [3.63, 3.8) is 0 Å². The van der Waals surface area contributed by atoms with Crippen molar-refractivity contribution < 1.29 is 14.7 Å². The predicted molar refractivity (Wildman–Crippen MR) is 95.0 cm³/mol. The summed E-state index contributed by atoms with van der Waals surface area (Å²) >= 11 is 1.51. The number of hydrogen-bond acceptors (Lipinski definition) is 4. The van der Waals surface area contributed by atoms with Gasteiger partial charge in [-0.3, -0.25) is 4.79 Å². The van der Waals surface area contributed by atoms with E-state index in [-0.39, 0.29) is 18.4 Å². The lowest BCUT2D eigenvalue weighted by atomic mass is 9.99. The maximum absolute atomic E-state index is 12.2. The Morgan fingerprint density at radius 2 is 2.04 bits per heavy atom. The summed E-state index contributed by atoms with van der Waals surface area (Å²) in [5.74, 6) is -0.327. The number of rotatable bonds is 8. The Morgan fingerprint density at radius 1 is 1.38 bits per heavy atom. The van der Waals surface area contributed by atoms with Gasteiger partial charge < -0.3 is 15.7 Å². The molecule has 1 unspecified atom stereocenters. The van der Waals surface area contributed by atoms with Crippen LogP contribution in [-0.4, -0.2) is 28.4 Å². The van der Waals surface area contributed by atoms with Gasteiger partial charge in [0.05, 0.1) is 17.7 Å². The molecule has 130 valence electrons. The lowest BCUT2D eigenvalue weighted by molar-refractivity contribution is -0.137. The Bertz CT molecular complexity index is 626. The zero-order valence-corrected chi connectivity index (χ0v) is 14.9. The molecule has 24 heavy (non-hydrogen) atoms. The van der Waals surface area contributed by atoms with Gasteiger partial charge in [0.2, 0.25) is 0 Å². The molecule has 0 radical (unpaired) electrons. The number of para-hydroxylation sites is 1. The number of carbonyl (C=O) groups excluding carboxylic acids is 1. The van der Waals surface area contributed by atoms with Gasteiger partial charge in [-0.25, -0.2) is 4.79 Å². The minimum atomic E-state index is -0.890. The van der Waals surface area contributed by atoms with Gasteiger partial charge in [0.15, 0.2) is 0 Å². The highest BCUT2D eigenvalue weighted by molar-refractivity contribution is 7.99. The zero-order valence-electron chi connectivity index (χ0n) is 14.1. The number of nitrogens with zero attached hydrogens (tertiary/aromatic N) is 1. The van der Waals surface area contributed by atoms with E-state index in [0.29, 0.717) is 17.9 Å². The molecule has 1 atom stereocenters. The number of amides is 2. The molecule has 0 aliphatic rings. The molecule has 0 saturated carbocycles. The number of anilines is 1. The third-order valence-electron chi connectivity index (χ3n) is 3.26. The standard InChI is InChI=1S/C17H23N3O3S/c1-12(10-18)11-24-14-7-5-4-6-13(14)19-16(23)20-17(2,3)9-8-15(21)22/h4-7,12H,8-9,11H2,1-3H3,(H,21,22)(H2,19,20,23). The van der Waals surface area contributed by atoms with Crippen LogP contribution >= 0.6 is 11.8 Å². The van der Waals surface area contributed by atoms with Crippen LogP contribution in [0.4, 0.5) is 10.5 Å². The van der Waals surface area contributed by atoms with E-state index < -0.39 is 11.5 Å². The third-order valence-corrected chi connectivity index (χ3v) is 4.59. The number of nitrogens with one attached hydrogen (secondary N) is 2. The molecule has 0 fully saturated rings. The molecule has 0 heterocycles. The van der Waals surface area contributed by atoms with E-state index >= 15 is 0 Å². The highest BCUT2D eigenvalue weighted by Gasteiger charge is 2.22. The smallest absolute Gasteiger partial charge is 0.319 e. The average Bonchev–Trinajstić information content (AvgIpc) is 2.51. The minimum absolute atomic E-state index is 0.00817. The molecule has 0 saturated heterocycles. The fraction of sp³-hybridized carbons (Fsp3) is 0.471. The van der Waals surface area contributed by atoms with E-state index in [9.17, 15) is 9.59 Å². The van der Waals surface area contributed by atoms with Gasteiger partial charge in [-0.15, -0.1) is 11.8 Å². The summed E-state index contributed by atoms with van der Waals surface area (Å²) in [6.07, 6.45) is 0.331. The lowest BCUT2D eigenvalue weighted by Gasteiger charge is -2.26. The van der Waals surface area contributed by atoms with Crippen molar-refractivity contribution in [2.75, 3.05) is 11.1 Å². The molecular formula is C17H23N3O3S. The fourth-order valence-corrected chi connectivity index (χ4v) is 2.84. The fourth-order valence-electron chi connectivity index (χ4n) is 1.89. The molecule has 6 nitrogen and oxygen atoms in total. The van der Waals surface area contributed by atoms with Gasteiger partial charge in [-0.05, 0) is 39.3 Å². The van der Waals surface area contributed by atoms with Gasteiger partial charge in [-0.2, -0.15) is 5.26 Å². The Kier molecular flexibility index (Phi) is 7.59. The van der Waals surface area contributed by atoms with E-state index in [2.05, 4.69) is 16.7 Å². The monoisotopic (exact) mass is 349 g/mol. The number of hydrogen-bond donors (Lipinski definition) is 3. The van der Waals surface area contributed by atoms with Crippen LogP contribution in [0, 0.1) is 17.2 Å². The normalized spacial score (nSPS) is 12.1. The van der Waals surface area contributed by atoms with E-state index in [1.807, 2.05) is 25.1 Å². The molecular weight excluding hydrogens is 326 g/mol. The summed E-state index contributed by atoms with van der Waals surface area (Å²) < 4.78 is 0. The van der Waals surface area contributed by atoms with Crippen LogP contribution in [0.15, 0.2) is 29.2 Å². The summed E-state index contributed by atoms with van der Waals surface area (Å²) in [5, 5.41) is 23.2. The Morgan fingerprint density at radius 3 is 2.67 bits per heavy atom. The second-order valence-corrected chi connectivity index (χ2v) is 7.26. The molecule has 1 aromatic rings. The average molecular weight is 349 g/mol. The van der Waals surface area contributed by atoms with Crippen LogP contribution in [0.2, 0.25) is 0 Å². The van der Waals surface area contributed by atoms with Crippen LogP contribution in [0.1, 0.15) is 33.6 Å². The first kappa shape index (κ1) is 19.8. The Hall–Kier alpha value is -2.20. The van der Waals surface area contributed by atoms with Crippen LogP contribution in [0.5, 0.6) is 0 Å². The van der Waals surface area contributed by atoms with Crippen LogP contribution in [0.25, 0.3) is 0 Å². The Labute approximate surface area is 146 Å². The summed E-state index contributed by atoms with van der Waals surface area (Å²) in [6.45, 7) is 5.41. The van der Waals surface area contributed by atoms with Gasteiger partial charge >= 0.3 is 12.0 Å². The van der Waals surface area contributed by atoms with Crippen molar-refractivity contribution in [3.8, 4) is 6.07 Å². The topological polar surface area (TPSA) is 102 Å². The third kappa shape index (κ3) is 7.38. The summed E-state index contributed by atoms with van der Waals surface area (Å²) in [7, 11) is 0. The first-order chi connectivity index (χ1) is 11.2. The second kappa shape index (κ2) is 9.18. The number of thioether (sulfide) groups is 1. The molecule has 0 aromatic heterocycles. The second-order valence-electron chi connectivity index (χ2n) is 6.19. The van der Waals surface area contributed by atoms with Crippen LogP contribution in [-0.2, 0) is 4.79 Å². The van der Waals surface area contributed by atoms with Crippen LogP contribution in [0.3, 0.4) is 0 Å². The number of nitriles is 1. The van der Waals surface area contributed by atoms with Crippen LogP contribution < -0.4 is 10.6 Å². The number of carboxylic acid groups (broad SMARTS) is 1. The van der Waals surface area contributed by atoms with Crippen molar-refractivity contribution in [2.24, 2.45) is 5.92 Å². The van der Waals surface area contributed by atoms with Gasteiger partial charge in [0.1, 0.15) is 0 Å². The number of urea groups is 1. The molecule has 7 heteroatoms. The SMILES string of the molecule is CC(C#N)CSc1ccccc1NC(=O)NC(C)(C)CCC(=O)O.